The second kappa shape index (κ2) is 6.19. The maximum atomic E-state index is 12.5. The molecule has 4 amide bonds. The molecule has 2 fully saturated rings. The summed E-state index contributed by atoms with van der Waals surface area (Å²) in [5, 5.41) is 10.6. The minimum atomic E-state index is -0.837. The summed E-state index contributed by atoms with van der Waals surface area (Å²) in [5.41, 5.74) is 1.54. The van der Waals surface area contributed by atoms with Crippen LogP contribution in [0.25, 0.3) is 0 Å². The number of urea groups is 1. The fraction of sp³-hybridized carbons (Fsp3) is 0.615. The van der Waals surface area contributed by atoms with E-state index in [1.54, 1.807) is 6.92 Å². The summed E-state index contributed by atoms with van der Waals surface area (Å²) in [6.07, 6.45) is 4.09. The van der Waals surface area contributed by atoms with Crippen molar-refractivity contribution in [3.05, 3.63) is 5.82 Å². The van der Waals surface area contributed by atoms with E-state index < -0.39 is 17.5 Å². The maximum absolute atomic E-state index is 12.5. The van der Waals surface area contributed by atoms with Crippen LogP contribution in [0.1, 0.15) is 37.9 Å². The van der Waals surface area contributed by atoms with Gasteiger partial charge in [-0.15, -0.1) is 5.10 Å². The summed E-state index contributed by atoms with van der Waals surface area (Å²) in [5.74, 6) is -0.147. The molecule has 0 radical (unpaired) electrons. The molecule has 1 aliphatic heterocycles. The van der Waals surface area contributed by atoms with Gasteiger partial charge < -0.3 is 5.32 Å². The van der Waals surface area contributed by atoms with Gasteiger partial charge in [-0.05, 0) is 19.8 Å². The van der Waals surface area contributed by atoms with Crippen molar-refractivity contribution >= 4 is 29.6 Å². The SMILES string of the molecule is Cc1nc(SCC(=O)NN2C(=O)NC3(CCCCC3)C2=O)n[nH]1. The Bertz CT molecular complexity index is 639. The lowest BCUT2D eigenvalue weighted by Crippen LogP contribution is -2.51. The van der Waals surface area contributed by atoms with E-state index >= 15 is 0 Å². The number of carbonyl (C=O) groups excluding carboxylic acids is 3. The van der Waals surface area contributed by atoms with E-state index in [-0.39, 0.29) is 11.7 Å². The third kappa shape index (κ3) is 3.16. The van der Waals surface area contributed by atoms with Gasteiger partial charge in [-0.2, -0.15) is 5.01 Å². The molecule has 1 aromatic rings. The largest absolute Gasteiger partial charge is 0.344 e. The first kappa shape index (κ1) is 15.8. The standard InChI is InChI=1S/C13H18N6O3S/c1-8-14-11(17-16-8)23-7-9(20)18-19-10(21)13(15-12(19)22)5-3-2-4-6-13/h2-7H2,1H3,(H,15,22)(H,18,20)(H,14,16,17). The summed E-state index contributed by atoms with van der Waals surface area (Å²) in [4.78, 5) is 40.6. The second-order valence-electron chi connectivity index (χ2n) is 5.74. The van der Waals surface area contributed by atoms with Crippen molar-refractivity contribution in [2.75, 3.05) is 5.75 Å². The van der Waals surface area contributed by atoms with Gasteiger partial charge in [-0.25, -0.2) is 9.78 Å². The molecule has 1 spiro atoms. The van der Waals surface area contributed by atoms with Crippen LogP contribution in [0.2, 0.25) is 0 Å². The van der Waals surface area contributed by atoms with Gasteiger partial charge in [0.2, 0.25) is 11.1 Å². The predicted octanol–water partition coefficient (Wildman–Crippen LogP) is 0.491. The molecule has 124 valence electrons. The Morgan fingerprint density at radius 2 is 2.09 bits per heavy atom. The summed E-state index contributed by atoms with van der Waals surface area (Å²) < 4.78 is 0. The lowest BCUT2D eigenvalue weighted by molar-refractivity contribution is -0.139. The van der Waals surface area contributed by atoms with Crippen LogP contribution in [0.15, 0.2) is 5.16 Å². The van der Waals surface area contributed by atoms with Crippen molar-refractivity contribution in [3.63, 3.8) is 0 Å². The number of carbonyl (C=O) groups is 3. The van der Waals surface area contributed by atoms with Crippen molar-refractivity contribution in [3.8, 4) is 0 Å². The zero-order valence-electron chi connectivity index (χ0n) is 12.7. The Kier molecular flexibility index (Phi) is 4.24. The maximum Gasteiger partial charge on any atom is 0.344 e. The number of H-pyrrole nitrogens is 1. The number of aromatic amines is 1. The average molecular weight is 338 g/mol. The number of nitrogens with one attached hydrogen (secondary N) is 3. The van der Waals surface area contributed by atoms with Gasteiger partial charge in [0, 0.05) is 0 Å². The second-order valence-corrected chi connectivity index (χ2v) is 6.68. The Balaban J connectivity index is 1.57. The lowest BCUT2D eigenvalue weighted by Gasteiger charge is -2.30. The predicted molar refractivity (Wildman–Crippen MR) is 81.2 cm³/mol. The normalized spacial score (nSPS) is 20.0. The zero-order valence-corrected chi connectivity index (χ0v) is 13.5. The number of hydrogen-bond acceptors (Lipinski definition) is 6. The summed E-state index contributed by atoms with van der Waals surface area (Å²) in [6.45, 7) is 1.76. The number of hydrazine groups is 1. The zero-order chi connectivity index (χ0) is 16.4. The molecule has 1 aliphatic carbocycles. The van der Waals surface area contributed by atoms with E-state index in [1.807, 2.05) is 0 Å². The molecule has 1 aromatic heterocycles. The van der Waals surface area contributed by atoms with Gasteiger partial charge in [0.05, 0.1) is 5.75 Å². The average Bonchev–Trinajstić information content (AvgIpc) is 3.04. The van der Waals surface area contributed by atoms with Gasteiger partial charge in [0.1, 0.15) is 11.4 Å². The summed E-state index contributed by atoms with van der Waals surface area (Å²) >= 11 is 1.13. The van der Waals surface area contributed by atoms with Crippen LogP contribution in [-0.4, -0.2) is 49.3 Å². The van der Waals surface area contributed by atoms with Crippen molar-refractivity contribution in [2.45, 2.75) is 49.7 Å². The molecule has 0 aromatic carbocycles. The molecule has 10 heteroatoms. The first-order chi connectivity index (χ1) is 11.0. The number of aromatic nitrogens is 3. The van der Waals surface area contributed by atoms with Crippen molar-refractivity contribution in [1.29, 1.82) is 0 Å². The quantitative estimate of drug-likeness (QED) is 0.543. The van der Waals surface area contributed by atoms with E-state index in [0.717, 1.165) is 36.0 Å². The van der Waals surface area contributed by atoms with E-state index in [0.29, 0.717) is 23.8 Å². The van der Waals surface area contributed by atoms with Gasteiger partial charge in [-0.3, -0.25) is 20.1 Å². The molecular weight excluding hydrogens is 320 g/mol. The molecule has 3 N–H and O–H groups in total. The van der Waals surface area contributed by atoms with Crippen molar-refractivity contribution < 1.29 is 14.4 Å². The Labute approximate surface area is 136 Å². The van der Waals surface area contributed by atoms with Crippen LogP contribution < -0.4 is 10.7 Å². The molecule has 9 nitrogen and oxygen atoms in total. The molecule has 2 aliphatic rings. The minimum Gasteiger partial charge on any atom is -0.322 e. The topological polar surface area (TPSA) is 120 Å². The summed E-state index contributed by atoms with van der Waals surface area (Å²) in [7, 11) is 0. The number of amides is 4. The van der Waals surface area contributed by atoms with Crippen LogP contribution in [0.4, 0.5) is 4.79 Å². The third-order valence-corrected chi connectivity index (χ3v) is 4.86. The van der Waals surface area contributed by atoms with Gasteiger partial charge in [0.15, 0.2) is 0 Å². The van der Waals surface area contributed by atoms with Gasteiger partial charge in [-0.1, -0.05) is 31.0 Å². The lowest BCUT2D eigenvalue weighted by atomic mass is 9.82. The number of aryl methyl sites for hydroxylation is 1. The summed E-state index contributed by atoms with van der Waals surface area (Å²) in [6, 6.07) is -0.566. The monoisotopic (exact) mass is 338 g/mol. The highest BCUT2D eigenvalue weighted by molar-refractivity contribution is 7.99. The molecule has 0 bridgehead atoms. The molecule has 23 heavy (non-hydrogen) atoms. The van der Waals surface area contributed by atoms with Crippen LogP contribution in [0.5, 0.6) is 0 Å². The van der Waals surface area contributed by atoms with E-state index in [2.05, 4.69) is 25.9 Å². The molecule has 2 heterocycles. The first-order valence-electron chi connectivity index (χ1n) is 7.48. The third-order valence-electron chi connectivity index (χ3n) is 4.01. The van der Waals surface area contributed by atoms with Crippen molar-refractivity contribution in [1.82, 2.24) is 30.9 Å². The smallest absolute Gasteiger partial charge is 0.322 e. The molecule has 0 unspecified atom stereocenters. The Hall–Kier alpha value is -2.10. The van der Waals surface area contributed by atoms with E-state index in [9.17, 15) is 14.4 Å². The highest BCUT2D eigenvalue weighted by atomic mass is 32.2. The minimum absolute atomic E-state index is 0.0152. The molecule has 1 saturated heterocycles. The molecule has 3 rings (SSSR count). The van der Waals surface area contributed by atoms with Crippen LogP contribution in [0.3, 0.4) is 0 Å². The highest BCUT2D eigenvalue weighted by Crippen LogP contribution is 2.33. The number of nitrogens with zero attached hydrogens (tertiary/aromatic N) is 3. The highest BCUT2D eigenvalue weighted by Gasteiger charge is 2.52. The fourth-order valence-electron chi connectivity index (χ4n) is 2.89. The van der Waals surface area contributed by atoms with E-state index in [4.69, 9.17) is 0 Å². The fourth-order valence-corrected chi connectivity index (χ4v) is 3.53. The molecule has 0 atom stereocenters. The van der Waals surface area contributed by atoms with Gasteiger partial charge >= 0.3 is 6.03 Å². The van der Waals surface area contributed by atoms with Crippen molar-refractivity contribution in [2.24, 2.45) is 0 Å². The number of hydrogen-bond donors (Lipinski definition) is 3. The Morgan fingerprint density at radius 1 is 1.35 bits per heavy atom. The van der Waals surface area contributed by atoms with Crippen LogP contribution in [0, 0.1) is 6.92 Å². The molecule has 1 saturated carbocycles. The Morgan fingerprint density at radius 3 is 2.74 bits per heavy atom. The first-order valence-corrected chi connectivity index (χ1v) is 8.47. The van der Waals surface area contributed by atoms with Crippen LogP contribution in [-0.2, 0) is 9.59 Å². The number of rotatable bonds is 4. The molecular formula is C13H18N6O3S. The number of imide groups is 1. The van der Waals surface area contributed by atoms with Crippen LogP contribution >= 0.6 is 11.8 Å². The van der Waals surface area contributed by atoms with E-state index in [1.165, 1.54) is 0 Å². The number of thioether (sulfide) groups is 1. The van der Waals surface area contributed by atoms with Gasteiger partial charge in [0.25, 0.3) is 5.91 Å².